The summed E-state index contributed by atoms with van der Waals surface area (Å²) in [5.41, 5.74) is 0.702. The second kappa shape index (κ2) is 8.06. The van der Waals surface area contributed by atoms with Crippen molar-refractivity contribution < 1.29 is 23.5 Å². The van der Waals surface area contributed by atoms with Crippen LogP contribution >= 0.6 is 0 Å². The molecule has 30 heavy (non-hydrogen) atoms. The van der Waals surface area contributed by atoms with Crippen LogP contribution < -0.4 is 15.0 Å². The number of alkyl carbamates (subject to hydrolysis) is 1. The predicted octanol–water partition coefficient (Wildman–Crippen LogP) is 3.03. The van der Waals surface area contributed by atoms with E-state index in [1.54, 1.807) is 11.0 Å². The van der Waals surface area contributed by atoms with E-state index < -0.39 is 5.60 Å². The Hall–Kier alpha value is -2.35. The Morgan fingerprint density at radius 3 is 2.67 bits per heavy atom. The van der Waals surface area contributed by atoms with E-state index in [0.717, 1.165) is 38.9 Å². The van der Waals surface area contributed by atoms with E-state index in [9.17, 15) is 14.0 Å². The van der Waals surface area contributed by atoms with Crippen LogP contribution in [0.15, 0.2) is 12.1 Å². The molecular weight excluding hydrogens is 389 g/mol. The smallest absolute Gasteiger partial charge is 0.407 e. The van der Waals surface area contributed by atoms with Crippen LogP contribution in [0.4, 0.5) is 14.9 Å². The van der Waals surface area contributed by atoms with Crippen molar-refractivity contribution in [2.45, 2.75) is 57.6 Å². The van der Waals surface area contributed by atoms with E-state index >= 15 is 0 Å². The van der Waals surface area contributed by atoms with E-state index in [0.29, 0.717) is 23.5 Å². The van der Waals surface area contributed by atoms with Gasteiger partial charge in [-0.15, -0.1) is 0 Å². The molecule has 1 N–H and O–H groups in total. The quantitative estimate of drug-likeness (QED) is 0.816. The maximum absolute atomic E-state index is 14.8. The molecule has 3 heterocycles. The molecule has 1 atom stereocenters. The fraction of sp³-hybridized carbons (Fsp3) is 0.636. The minimum Gasteiger partial charge on any atom is -0.482 e. The summed E-state index contributed by atoms with van der Waals surface area (Å²) < 4.78 is 25.7. The molecule has 1 saturated heterocycles. The minimum atomic E-state index is -0.510. The molecule has 0 saturated carbocycles. The van der Waals surface area contributed by atoms with Crippen LogP contribution in [0.25, 0.3) is 0 Å². The van der Waals surface area contributed by atoms with Crippen LogP contribution in [0.2, 0.25) is 0 Å². The highest BCUT2D eigenvalue weighted by Gasteiger charge is 2.37. The number of nitrogens with one attached hydrogen (secondary N) is 1. The van der Waals surface area contributed by atoms with E-state index in [1.165, 1.54) is 6.07 Å². The monoisotopic (exact) mass is 419 g/mol. The number of halogens is 1. The lowest BCUT2D eigenvalue weighted by molar-refractivity contribution is -0.121. The first kappa shape index (κ1) is 20.9. The van der Waals surface area contributed by atoms with Gasteiger partial charge in [-0.1, -0.05) is 0 Å². The minimum absolute atomic E-state index is 0.0148. The van der Waals surface area contributed by atoms with Crippen LogP contribution in [0.5, 0.6) is 5.75 Å². The molecule has 3 aliphatic rings. The van der Waals surface area contributed by atoms with Crippen molar-refractivity contribution in [3.63, 3.8) is 0 Å². The number of hydrogen-bond acceptors (Lipinski definition) is 5. The van der Waals surface area contributed by atoms with Gasteiger partial charge in [-0.05, 0) is 52.2 Å². The van der Waals surface area contributed by atoms with Crippen LogP contribution in [0.3, 0.4) is 0 Å². The van der Waals surface area contributed by atoms with Crippen LogP contribution in [-0.4, -0.2) is 61.3 Å². The third-order valence-corrected chi connectivity index (χ3v) is 5.95. The molecular formula is C22H30FN3O4. The second-order valence-electron chi connectivity index (χ2n) is 9.35. The van der Waals surface area contributed by atoms with Gasteiger partial charge in [0.2, 0.25) is 0 Å². The van der Waals surface area contributed by atoms with Crippen molar-refractivity contribution in [1.82, 2.24) is 10.2 Å². The lowest BCUT2D eigenvalue weighted by Crippen LogP contribution is -2.48. The van der Waals surface area contributed by atoms with Crippen molar-refractivity contribution in [2.75, 3.05) is 37.7 Å². The van der Waals surface area contributed by atoms with Gasteiger partial charge in [0.25, 0.3) is 5.91 Å². The summed E-state index contributed by atoms with van der Waals surface area (Å²) in [7, 11) is 0. The molecule has 0 radical (unpaired) electrons. The number of benzene rings is 1. The van der Waals surface area contributed by atoms with E-state index in [2.05, 4.69) is 10.2 Å². The van der Waals surface area contributed by atoms with Crippen LogP contribution in [0.1, 0.15) is 51.5 Å². The highest BCUT2D eigenvalue weighted by molar-refractivity contribution is 5.99. The first-order valence-electron chi connectivity index (χ1n) is 10.7. The Morgan fingerprint density at radius 2 is 1.97 bits per heavy atom. The molecule has 4 rings (SSSR count). The highest BCUT2D eigenvalue weighted by atomic mass is 19.1. The summed E-state index contributed by atoms with van der Waals surface area (Å²) in [6, 6.07) is 3.14. The average molecular weight is 419 g/mol. The summed E-state index contributed by atoms with van der Waals surface area (Å²) >= 11 is 0. The molecule has 2 amide bonds. The summed E-state index contributed by atoms with van der Waals surface area (Å²) in [6.07, 6.45) is 2.01. The molecule has 3 aliphatic heterocycles. The number of amides is 2. The average Bonchev–Trinajstić information content (AvgIpc) is 2.67. The number of likely N-dealkylation sites (tertiary alicyclic amines) is 1. The van der Waals surface area contributed by atoms with Gasteiger partial charge in [0.1, 0.15) is 17.2 Å². The van der Waals surface area contributed by atoms with Crippen LogP contribution in [-0.2, 0) is 9.53 Å². The fourth-order valence-corrected chi connectivity index (χ4v) is 4.58. The zero-order valence-corrected chi connectivity index (χ0v) is 17.9. The van der Waals surface area contributed by atoms with Crippen molar-refractivity contribution in [3.05, 3.63) is 23.5 Å². The highest BCUT2D eigenvalue weighted by Crippen LogP contribution is 2.45. The zero-order valence-electron chi connectivity index (χ0n) is 17.9. The number of rotatable bonds is 3. The van der Waals surface area contributed by atoms with Gasteiger partial charge in [0.15, 0.2) is 6.61 Å². The van der Waals surface area contributed by atoms with Crippen LogP contribution in [0, 0.1) is 5.82 Å². The number of nitrogens with zero attached hydrogens (tertiary/aromatic N) is 2. The van der Waals surface area contributed by atoms with Crippen molar-refractivity contribution >= 4 is 17.7 Å². The second-order valence-corrected chi connectivity index (χ2v) is 9.35. The molecule has 1 unspecified atom stereocenters. The summed E-state index contributed by atoms with van der Waals surface area (Å²) in [5.74, 6) is 0.224. The third kappa shape index (κ3) is 4.38. The van der Waals surface area contributed by atoms with Gasteiger partial charge in [-0.3, -0.25) is 4.79 Å². The first-order valence-corrected chi connectivity index (χ1v) is 10.7. The van der Waals surface area contributed by atoms with E-state index in [1.807, 2.05) is 20.8 Å². The molecule has 7 nitrogen and oxygen atoms in total. The fourth-order valence-electron chi connectivity index (χ4n) is 4.58. The van der Waals surface area contributed by atoms with Gasteiger partial charge in [-0.25, -0.2) is 9.18 Å². The summed E-state index contributed by atoms with van der Waals surface area (Å²) in [5, 5.41) is 2.95. The maximum Gasteiger partial charge on any atom is 0.407 e. The first-order chi connectivity index (χ1) is 14.2. The van der Waals surface area contributed by atoms with Crippen molar-refractivity contribution in [2.24, 2.45) is 0 Å². The van der Waals surface area contributed by atoms with E-state index in [4.69, 9.17) is 9.47 Å². The Morgan fingerprint density at radius 1 is 1.23 bits per heavy atom. The molecule has 1 aromatic rings. The zero-order chi connectivity index (χ0) is 21.5. The SMILES string of the molecule is CC(C)(C)OC(=O)NC1CCN(CC2CCN3C(=O)COc4ccc(F)c2c43)CC1. The van der Waals surface area contributed by atoms with Gasteiger partial charge >= 0.3 is 6.09 Å². The standard InChI is InChI=1S/C22H30FN3O4/c1-22(2,3)30-21(28)24-15-7-9-25(10-8-15)12-14-6-11-26-18(27)13-29-17-5-4-16(23)19(14)20(17)26/h4-5,14-15H,6-13H2,1-3H3,(H,24,28). The maximum atomic E-state index is 14.8. The van der Waals surface area contributed by atoms with E-state index in [-0.39, 0.29) is 36.4 Å². The molecule has 1 fully saturated rings. The summed E-state index contributed by atoms with van der Waals surface area (Å²) in [6.45, 7) is 8.53. The topological polar surface area (TPSA) is 71.1 Å². The van der Waals surface area contributed by atoms with Gasteiger partial charge in [0, 0.05) is 43.7 Å². The van der Waals surface area contributed by atoms with Crippen molar-refractivity contribution in [1.29, 1.82) is 0 Å². The Labute approximate surface area is 176 Å². The predicted molar refractivity (Wildman–Crippen MR) is 110 cm³/mol. The van der Waals surface area contributed by atoms with Gasteiger partial charge in [0.05, 0.1) is 5.69 Å². The molecule has 8 heteroatoms. The van der Waals surface area contributed by atoms with Gasteiger partial charge < -0.3 is 24.6 Å². The Balaban J connectivity index is 1.38. The molecule has 164 valence electrons. The number of piperidine rings is 1. The number of hydrogen-bond donors (Lipinski definition) is 1. The molecule has 0 aromatic heterocycles. The number of anilines is 1. The lowest BCUT2D eigenvalue weighted by atomic mass is 9.87. The normalized spacial score (nSPS) is 22.3. The Bertz CT molecular complexity index is 830. The number of carbonyl (C=O) groups is 2. The Kier molecular flexibility index (Phi) is 5.61. The molecule has 0 bridgehead atoms. The number of carbonyl (C=O) groups excluding carboxylic acids is 2. The van der Waals surface area contributed by atoms with Crippen molar-refractivity contribution in [3.8, 4) is 5.75 Å². The summed E-state index contributed by atoms with van der Waals surface area (Å²) in [4.78, 5) is 28.2. The lowest BCUT2D eigenvalue weighted by Gasteiger charge is -2.41. The van der Waals surface area contributed by atoms with Gasteiger partial charge in [-0.2, -0.15) is 0 Å². The molecule has 0 aliphatic carbocycles. The third-order valence-electron chi connectivity index (χ3n) is 5.95. The largest absolute Gasteiger partial charge is 0.482 e. The molecule has 1 aromatic carbocycles. The number of ether oxygens (including phenoxy) is 2. The molecule has 0 spiro atoms.